The summed E-state index contributed by atoms with van der Waals surface area (Å²) >= 11 is 0. The van der Waals surface area contributed by atoms with Crippen LogP contribution in [0.5, 0.6) is 5.75 Å². The number of nitro groups is 1. The molecule has 0 radical (unpaired) electrons. The van der Waals surface area contributed by atoms with Crippen molar-refractivity contribution in [1.29, 1.82) is 0 Å². The molecule has 1 fully saturated rings. The van der Waals surface area contributed by atoms with Crippen molar-refractivity contribution in [3.8, 4) is 5.75 Å². The summed E-state index contributed by atoms with van der Waals surface area (Å²) in [6.07, 6.45) is 1.26. The largest absolute Gasteiger partial charge is 0.490 e. The van der Waals surface area contributed by atoms with E-state index in [0.29, 0.717) is 13.0 Å². The van der Waals surface area contributed by atoms with Gasteiger partial charge in [0.25, 0.3) is 0 Å². The molecule has 1 unspecified atom stereocenters. The first-order valence-electron chi connectivity index (χ1n) is 6.34. The van der Waals surface area contributed by atoms with Crippen LogP contribution in [0.3, 0.4) is 0 Å². The number of nitrogens with one attached hydrogen (secondary N) is 1. The van der Waals surface area contributed by atoms with Gasteiger partial charge in [0.05, 0.1) is 12.0 Å². The molecule has 1 amide bonds. The summed E-state index contributed by atoms with van der Waals surface area (Å²) in [6, 6.07) is 4.81. The fourth-order valence-electron chi connectivity index (χ4n) is 2.28. The van der Waals surface area contributed by atoms with E-state index in [4.69, 9.17) is 4.74 Å². The van der Waals surface area contributed by atoms with Crippen LogP contribution in [-0.4, -0.2) is 42.5 Å². The van der Waals surface area contributed by atoms with E-state index in [0.717, 1.165) is 12.1 Å². The molecule has 1 saturated heterocycles. The van der Waals surface area contributed by atoms with Crippen molar-refractivity contribution in [1.82, 2.24) is 4.90 Å². The molecule has 1 aliphatic heterocycles. The molecule has 0 aromatic heterocycles. The van der Waals surface area contributed by atoms with Gasteiger partial charge in [0, 0.05) is 43.9 Å². The summed E-state index contributed by atoms with van der Waals surface area (Å²) < 4.78 is 5.03. The van der Waals surface area contributed by atoms with Crippen molar-refractivity contribution in [3.63, 3.8) is 0 Å². The molecule has 0 bridgehead atoms. The number of rotatable bonds is 4. The Morgan fingerprint density at radius 1 is 1.50 bits per heavy atom. The van der Waals surface area contributed by atoms with E-state index in [1.165, 1.54) is 13.2 Å². The first-order valence-corrected chi connectivity index (χ1v) is 6.34. The van der Waals surface area contributed by atoms with Gasteiger partial charge in [-0.2, -0.15) is 0 Å². The topological polar surface area (TPSA) is 84.7 Å². The van der Waals surface area contributed by atoms with E-state index in [2.05, 4.69) is 5.32 Å². The lowest BCUT2D eigenvalue weighted by molar-refractivity contribution is -0.385. The third kappa shape index (κ3) is 2.98. The van der Waals surface area contributed by atoms with Crippen LogP contribution in [0.15, 0.2) is 18.2 Å². The van der Waals surface area contributed by atoms with Gasteiger partial charge < -0.3 is 15.0 Å². The van der Waals surface area contributed by atoms with Crippen LogP contribution in [0.1, 0.15) is 12.8 Å². The zero-order valence-corrected chi connectivity index (χ0v) is 11.5. The lowest BCUT2D eigenvalue weighted by atomic mass is 10.1. The van der Waals surface area contributed by atoms with Crippen LogP contribution in [0.4, 0.5) is 11.4 Å². The van der Waals surface area contributed by atoms with E-state index in [1.807, 2.05) is 0 Å². The molecule has 20 heavy (non-hydrogen) atoms. The van der Waals surface area contributed by atoms with Crippen LogP contribution in [0.25, 0.3) is 0 Å². The zero-order chi connectivity index (χ0) is 14.7. The maximum absolute atomic E-state index is 11.4. The van der Waals surface area contributed by atoms with Crippen molar-refractivity contribution < 1.29 is 14.5 Å². The second kappa shape index (κ2) is 5.77. The fourth-order valence-corrected chi connectivity index (χ4v) is 2.28. The molecular weight excluding hydrogens is 262 g/mol. The molecule has 1 N–H and O–H groups in total. The van der Waals surface area contributed by atoms with E-state index in [-0.39, 0.29) is 23.4 Å². The summed E-state index contributed by atoms with van der Waals surface area (Å²) in [6.45, 7) is 0.623. The first kappa shape index (κ1) is 14.1. The molecular formula is C13H17N3O4. The SMILES string of the molecule is COc1cc(NC2CCC(=O)N(C)C2)ccc1[N+](=O)[O-]. The van der Waals surface area contributed by atoms with E-state index in [1.54, 1.807) is 24.1 Å². The highest BCUT2D eigenvalue weighted by atomic mass is 16.6. The highest BCUT2D eigenvalue weighted by Gasteiger charge is 2.23. The Morgan fingerprint density at radius 2 is 2.25 bits per heavy atom. The average Bonchev–Trinajstić information content (AvgIpc) is 2.42. The molecule has 1 aliphatic rings. The Morgan fingerprint density at radius 3 is 2.85 bits per heavy atom. The normalized spacial score (nSPS) is 18.8. The number of anilines is 1. The summed E-state index contributed by atoms with van der Waals surface area (Å²) in [5, 5.41) is 14.1. The van der Waals surface area contributed by atoms with Crippen LogP contribution < -0.4 is 10.1 Å². The number of ether oxygens (including phenoxy) is 1. The molecule has 0 aliphatic carbocycles. The van der Waals surface area contributed by atoms with Gasteiger partial charge in [-0.1, -0.05) is 0 Å². The van der Waals surface area contributed by atoms with Crippen LogP contribution in [0.2, 0.25) is 0 Å². The van der Waals surface area contributed by atoms with Crippen molar-refractivity contribution >= 4 is 17.3 Å². The average molecular weight is 279 g/mol. The van der Waals surface area contributed by atoms with Gasteiger partial charge in [-0.05, 0) is 12.5 Å². The minimum atomic E-state index is -0.477. The lowest BCUT2D eigenvalue weighted by Crippen LogP contribution is -2.43. The Balaban J connectivity index is 2.10. The monoisotopic (exact) mass is 279 g/mol. The number of benzene rings is 1. The van der Waals surface area contributed by atoms with Gasteiger partial charge in [-0.3, -0.25) is 14.9 Å². The van der Waals surface area contributed by atoms with Crippen molar-refractivity contribution in [2.24, 2.45) is 0 Å². The minimum Gasteiger partial charge on any atom is -0.490 e. The number of hydrogen-bond donors (Lipinski definition) is 1. The van der Waals surface area contributed by atoms with Gasteiger partial charge in [0.2, 0.25) is 5.91 Å². The number of amides is 1. The molecule has 0 spiro atoms. The molecule has 7 nitrogen and oxygen atoms in total. The number of hydrogen-bond acceptors (Lipinski definition) is 5. The van der Waals surface area contributed by atoms with Gasteiger partial charge in [-0.15, -0.1) is 0 Å². The highest BCUT2D eigenvalue weighted by molar-refractivity contribution is 5.77. The predicted molar refractivity (Wildman–Crippen MR) is 73.9 cm³/mol. The van der Waals surface area contributed by atoms with Crippen molar-refractivity contribution in [2.75, 3.05) is 26.0 Å². The second-order valence-electron chi connectivity index (χ2n) is 4.80. The van der Waals surface area contributed by atoms with E-state index >= 15 is 0 Å². The Hall–Kier alpha value is -2.31. The fraction of sp³-hybridized carbons (Fsp3) is 0.462. The summed E-state index contributed by atoms with van der Waals surface area (Å²) in [5.41, 5.74) is 0.689. The maximum atomic E-state index is 11.4. The van der Waals surface area contributed by atoms with Crippen molar-refractivity contribution in [2.45, 2.75) is 18.9 Å². The third-order valence-corrected chi connectivity index (χ3v) is 3.37. The van der Waals surface area contributed by atoms with Gasteiger partial charge in [0.15, 0.2) is 5.75 Å². The Bertz CT molecular complexity index is 532. The molecule has 1 aromatic carbocycles. The van der Waals surface area contributed by atoms with Gasteiger partial charge in [-0.25, -0.2) is 0 Å². The highest BCUT2D eigenvalue weighted by Crippen LogP contribution is 2.30. The number of methoxy groups -OCH3 is 1. The number of carbonyl (C=O) groups excluding carboxylic acids is 1. The van der Waals surface area contributed by atoms with Crippen LogP contribution in [0, 0.1) is 10.1 Å². The van der Waals surface area contributed by atoms with E-state index < -0.39 is 4.92 Å². The number of carbonyl (C=O) groups is 1. The summed E-state index contributed by atoms with van der Waals surface area (Å²) in [5.74, 6) is 0.365. The second-order valence-corrected chi connectivity index (χ2v) is 4.80. The first-order chi connectivity index (χ1) is 9.51. The number of likely N-dealkylation sites (tertiary alicyclic amines) is 1. The Kier molecular flexibility index (Phi) is 4.07. The number of likely N-dealkylation sites (N-methyl/N-ethyl adjacent to an activating group) is 1. The standard InChI is InChI=1S/C13H17N3O4/c1-15-8-10(4-6-13(15)17)14-9-3-5-11(16(18)19)12(7-9)20-2/h3,5,7,10,14H,4,6,8H2,1-2H3. The minimum absolute atomic E-state index is 0.0611. The van der Waals surface area contributed by atoms with Gasteiger partial charge in [0.1, 0.15) is 0 Å². The van der Waals surface area contributed by atoms with E-state index in [9.17, 15) is 14.9 Å². The van der Waals surface area contributed by atoms with Gasteiger partial charge >= 0.3 is 5.69 Å². The zero-order valence-electron chi connectivity index (χ0n) is 11.5. The molecule has 0 saturated carbocycles. The molecule has 108 valence electrons. The lowest BCUT2D eigenvalue weighted by Gasteiger charge is -2.30. The van der Waals surface area contributed by atoms with Crippen molar-refractivity contribution in [3.05, 3.63) is 28.3 Å². The third-order valence-electron chi connectivity index (χ3n) is 3.37. The van der Waals surface area contributed by atoms with Crippen LogP contribution in [-0.2, 0) is 4.79 Å². The molecule has 2 rings (SSSR count). The maximum Gasteiger partial charge on any atom is 0.311 e. The van der Waals surface area contributed by atoms with Crippen LogP contribution >= 0.6 is 0 Å². The molecule has 1 heterocycles. The quantitative estimate of drug-likeness (QED) is 0.669. The smallest absolute Gasteiger partial charge is 0.311 e. The molecule has 7 heteroatoms. The molecule has 1 atom stereocenters. The Labute approximate surface area is 116 Å². The molecule has 1 aromatic rings. The number of piperidine rings is 1. The summed E-state index contributed by atoms with van der Waals surface area (Å²) in [4.78, 5) is 23.4. The summed E-state index contributed by atoms with van der Waals surface area (Å²) in [7, 11) is 3.17. The number of nitrogens with zero attached hydrogens (tertiary/aromatic N) is 2. The number of nitro benzene ring substituents is 1. The predicted octanol–water partition coefficient (Wildman–Crippen LogP) is 1.64.